The van der Waals surface area contributed by atoms with Crippen LogP contribution in [0, 0.1) is 5.92 Å². The molecule has 1 aromatic carbocycles. The number of benzene rings is 1. The van der Waals surface area contributed by atoms with Crippen molar-refractivity contribution in [2.24, 2.45) is 5.92 Å². The SMILES string of the molecule is CCC1CCN(c2ccc(CNC)cc2C(F)(F)F)CC1. The molecule has 1 heterocycles. The predicted molar refractivity (Wildman–Crippen MR) is 79.4 cm³/mol. The van der Waals surface area contributed by atoms with Crippen molar-refractivity contribution in [3.05, 3.63) is 29.3 Å². The van der Waals surface area contributed by atoms with Gasteiger partial charge in [0, 0.05) is 25.3 Å². The van der Waals surface area contributed by atoms with Gasteiger partial charge in [-0.3, -0.25) is 0 Å². The summed E-state index contributed by atoms with van der Waals surface area (Å²) in [5.41, 5.74) is 0.485. The Balaban J connectivity index is 2.26. The number of hydrogen-bond acceptors (Lipinski definition) is 2. The number of anilines is 1. The first-order chi connectivity index (χ1) is 9.95. The van der Waals surface area contributed by atoms with Crippen molar-refractivity contribution in [1.29, 1.82) is 0 Å². The number of alkyl halides is 3. The van der Waals surface area contributed by atoms with Gasteiger partial charge in [0.15, 0.2) is 0 Å². The Kier molecular flexibility index (Phi) is 5.14. The molecule has 0 aromatic heterocycles. The molecule has 0 spiro atoms. The summed E-state index contributed by atoms with van der Waals surface area (Å²) >= 11 is 0. The van der Waals surface area contributed by atoms with Gasteiger partial charge in [-0.2, -0.15) is 13.2 Å². The van der Waals surface area contributed by atoms with Crippen LogP contribution in [-0.2, 0) is 12.7 Å². The highest BCUT2D eigenvalue weighted by Gasteiger charge is 2.35. The standard InChI is InChI=1S/C16H23F3N2/c1-3-12-6-8-21(9-7-12)15-5-4-13(11-20-2)10-14(15)16(17,18)19/h4-5,10,12,20H,3,6-9,11H2,1-2H3. The molecule has 21 heavy (non-hydrogen) atoms. The fourth-order valence-electron chi connectivity index (χ4n) is 2.98. The molecule has 2 nitrogen and oxygen atoms in total. The molecule has 1 aromatic rings. The summed E-state index contributed by atoms with van der Waals surface area (Å²) in [6.45, 7) is 4.02. The van der Waals surface area contributed by atoms with Crippen LogP contribution >= 0.6 is 0 Å². The second-order valence-electron chi connectivity index (χ2n) is 5.72. The lowest BCUT2D eigenvalue weighted by Crippen LogP contribution is -2.34. The highest BCUT2D eigenvalue weighted by Crippen LogP contribution is 2.38. The van der Waals surface area contributed by atoms with E-state index in [9.17, 15) is 13.2 Å². The lowest BCUT2D eigenvalue weighted by molar-refractivity contribution is -0.137. The Morgan fingerprint density at radius 1 is 1.24 bits per heavy atom. The van der Waals surface area contributed by atoms with Crippen LogP contribution in [-0.4, -0.2) is 20.1 Å². The van der Waals surface area contributed by atoms with Crippen LogP contribution in [0.15, 0.2) is 18.2 Å². The van der Waals surface area contributed by atoms with Crippen LogP contribution in [0.1, 0.15) is 37.3 Å². The fourth-order valence-corrected chi connectivity index (χ4v) is 2.98. The molecule has 2 rings (SSSR count). The van der Waals surface area contributed by atoms with E-state index < -0.39 is 11.7 Å². The van der Waals surface area contributed by atoms with Crippen molar-refractivity contribution in [2.75, 3.05) is 25.0 Å². The molecule has 0 atom stereocenters. The molecule has 1 fully saturated rings. The lowest BCUT2D eigenvalue weighted by atomic mass is 9.93. The molecular formula is C16H23F3N2. The molecule has 0 saturated carbocycles. The minimum absolute atomic E-state index is 0.330. The molecule has 0 bridgehead atoms. The molecule has 1 saturated heterocycles. The van der Waals surface area contributed by atoms with Crippen molar-refractivity contribution >= 4 is 5.69 Å². The normalized spacial score (nSPS) is 17.3. The third-order valence-corrected chi connectivity index (χ3v) is 4.28. The zero-order valence-electron chi connectivity index (χ0n) is 12.6. The average Bonchev–Trinajstić information content (AvgIpc) is 2.47. The van der Waals surface area contributed by atoms with E-state index in [1.165, 1.54) is 6.07 Å². The van der Waals surface area contributed by atoms with Gasteiger partial charge in [-0.25, -0.2) is 0 Å². The number of nitrogens with one attached hydrogen (secondary N) is 1. The Labute approximate surface area is 124 Å². The molecule has 0 unspecified atom stereocenters. The third-order valence-electron chi connectivity index (χ3n) is 4.28. The Morgan fingerprint density at radius 2 is 1.90 bits per heavy atom. The molecule has 1 N–H and O–H groups in total. The smallest absolute Gasteiger partial charge is 0.371 e. The first kappa shape index (κ1) is 16.1. The average molecular weight is 300 g/mol. The number of halogens is 3. The maximum absolute atomic E-state index is 13.3. The van der Waals surface area contributed by atoms with E-state index in [-0.39, 0.29) is 0 Å². The summed E-state index contributed by atoms with van der Waals surface area (Å²) in [5, 5.41) is 2.89. The molecular weight excluding hydrogens is 277 g/mol. The maximum Gasteiger partial charge on any atom is 0.418 e. The van der Waals surface area contributed by atoms with Gasteiger partial charge in [0.05, 0.1) is 5.56 Å². The molecule has 1 aliphatic heterocycles. The number of hydrogen-bond donors (Lipinski definition) is 1. The van der Waals surface area contributed by atoms with E-state index in [2.05, 4.69) is 12.2 Å². The zero-order chi connectivity index (χ0) is 15.5. The minimum atomic E-state index is -4.30. The van der Waals surface area contributed by atoms with Gasteiger partial charge in [0.1, 0.15) is 0 Å². The van der Waals surface area contributed by atoms with Gasteiger partial charge >= 0.3 is 6.18 Å². The van der Waals surface area contributed by atoms with Crippen LogP contribution in [0.25, 0.3) is 0 Å². The summed E-state index contributed by atoms with van der Waals surface area (Å²) in [7, 11) is 1.73. The van der Waals surface area contributed by atoms with Crippen molar-refractivity contribution in [3.8, 4) is 0 Å². The summed E-state index contributed by atoms with van der Waals surface area (Å²) in [4.78, 5) is 1.89. The van der Waals surface area contributed by atoms with E-state index in [0.717, 1.165) is 19.3 Å². The van der Waals surface area contributed by atoms with E-state index in [1.54, 1.807) is 19.2 Å². The second-order valence-corrected chi connectivity index (χ2v) is 5.72. The minimum Gasteiger partial charge on any atom is -0.371 e. The van der Waals surface area contributed by atoms with E-state index >= 15 is 0 Å². The van der Waals surface area contributed by atoms with Crippen molar-refractivity contribution in [3.63, 3.8) is 0 Å². The number of piperidine rings is 1. The van der Waals surface area contributed by atoms with E-state index in [0.29, 0.717) is 36.8 Å². The topological polar surface area (TPSA) is 15.3 Å². The highest BCUT2D eigenvalue weighted by atomic mass is 19.4. The van der Waals surface area contributed by atoms with Crippen molar-refractivity contribution < 1.29 is 13.2 Å². The van der Waals surface area contributed by atoms with Gasteiger partial charge in [-0.1, -0.05) is 19.4 Å². The first-order valence-corrected chi connectivity index (χ1v) is 7.55. The summed E-state index contributed by atoms with van der Waals surface area (Å²) in [6, 6.07) is 4.69. The van der Waals surface area contributed by atoms with E-state index in [1.807, 2.05) is 4.90 Å². The van der Waals surface area contributed by atoms with Gasteiger partial charge in [-0.05, 0) is 43.5 Å². The highest BCUT2D eigenvalue weighted by molar-refractivity contribution is 5.56. The molecule has 0 aliphatic carbocycles. The molecule has 0 amide bonds. The predicted octanol–water partition coefficient (Wildman–Crippen LogP) is 4.05. The van der Waals surface area contributed by atoms with Crippen molar-refractivity contribution in [2.45, 2.75) is 38.9 Å². The molecule has 0 radical (unpaired) electrons. The van der Waals surface area contributed by atoms with Crippen LogP contribution in [0.2, 0.25) is 0 Å². The van der Waals surface area contributed by atoms with Crippen LogP contribution < -0.4 is 10.2 Å². The Bertz CT molecular complexity index is 463. The molecule has 5 heteroatoms. The number of rotatable bonds is 4. The monoisotopic (exact) mass is 300 g/mol. The van der Waals surface area contributed by atoms with Crippen LogP contribution in [0.4, 0.5) is 18.9 Å². The number of nitrogens with zero attached hydrogens (tertiary/aromatic N) is 1. The van der Waals surface area contributed by atoms with Gasteiger partial charge < -0.3 is 10.2 Å². The summed E-state index contributed by atoms with van der Waals surface area (Å²) < 4.78 is 40.0. The molecule has 118 valence electrons. The van der Waals surface area contributed by atoms with Crippen LogP contribution in [0.3, 0.4) is 0 Å². The Hall–Kier alpha value is -1.23. The van der Waals surface area contributed by atoms with E-state index in [4.69, 9.17) is 0 Å². The largest absolute Gasteiger partial charge is 0.418 e. The maximum atomic E-state index is 13.3. The summed E-state index contributed by atoms with van der Waals surface area (Å²) in [6.07, 6.45) is -1.24. The quantitative estimate of drug-likeness (QED) is 0.902. The molecule has 1 aliphatic rings. The Morgan fingerprint density at radius 3 is 2.43 bits per heavy atom. The lowest BCUT2D eigenvalue weighted by Gasteiger charge is -2.35. The van der Waals surface area contributed by atoms with Gasteiger partial charge in [-0.15, -0.1) is 0 Å². The zero-order valence-corrected chi connectivity index (χ0v) is 12.6. The van der Waals surface area contributed by atoms with Crippen molar-refractivity contribution in [1.82, 2.24) is 5.32 Å². The fraction of sp³-hybridized carbons (Fsp3) is 0.625. The first-order valence-electron chi connectivity index (χ1n) is 7.55. The second kappa shape index (κ2) is 6.69. The third kappa shape index (κ3) is 3.90. The van der Waals surface area contributed by atoms with Gasteiger partial charge in [0.25, 0.3) is 0 Å². The van der Waals surface area contributed by atoms with Gasteiger partial charge in [0.2, 0.25) is 0 Å². The van der Waals surface area contributed by atoms with Crippen LogP contribution in [0.5, 0.6) is 0 Å². The summed E-state index contributed by atoms with van der Waals surface area (Å²) in [5.74, 6) is 0.652.